The van der Waals surface area contributed by atoms with Crippen LogP contribution in [0.5, 0.6) is 0 Å². The molecule has 0 unspecified atom stereocenters. The van der Waals surface area contributed by atoms with Crippen LogP contribution in [0.4, 0.5) is 0 Å². The lowest BCUT2D eigenvalue weighted by molar-refractivity contribution is 0.0938. The summed E-state index contributed by atoms with van der Waals surface area (Å²) in [6.07, 6.45) is 1.61. The van der Waals surface area contributed by atoms with Crippen LogP contribution in [0.3, 0.4) is 0 Å². The van der Waals surface area contributed by atoms with E-state index >= 15 is 0 Å². The third-order valence-electron chi connectivity index (χ3n) is 1.32. The molecule has 1 amide bonds. The molecular weight excluding hydrogens is 176 g/mol. The summed E-state index contributed by atoms with van der Waals surface area (Å²) >= 11 is 0. The number of aromatic nitrogens is 1. The van der Waals surface area contributed by atoms with E-state index in [1.807, 2.05) is 27.7 Å². The molecule has 0 bridgehead atoms. The standard InChI is InChI=1S/C9H12N2O.C2H6/c1-7(2)11-9(12)8-5-3-4-6-10-8;1-2/h3-7H,1-2H3,(H,11,12);1-2H3. The Morgan fingerprint density at radius 1 is 1.36 bits per heavy atom. The summed E-state index contributed by atoms with van der Waals surface area (Å²) in [5.41, 5.74) is 0.464. The number of amides is 1. The van der Waals surface area contributed by atoms with Crippen molar-refractivity contribution in [2.24, 2.45) is 0 Å². The number of carbonyl (C=O) groups excluding carboxylic acids is 1. The van der Waals surface area contributed by atoms with E-state index in [-0.39, 0.29) is 11.9 Å². The van der Waals surface area contributed by atoms with Gasteiger partial charge >= 0.3 is 0 Å². The van der Waals surface area contributed by atoms with Gasteiger partial charge in [0, 0.05) is 12.2 Å². The Labute approximate surface area is 85.6 Å². The lowest BCUT2D eigenvalue weighted by Crippen LogP contribution is -2.30. The summed E-state index contributed by atoms with van der Waals surface area (Å²) in [7, 11) is 0. The first-order chi connectivity index (χ1) is 6.70. The van der Waals surface area contributed by atoms with Crippen molar-refractivity contribution in [3.05, 3.63) is 30.1 Å². The van der Waals surface area contributed by atoms with Crippen molar-refractivity contribution in [1.82, 2.24) is 10.3 Å². The fraction of sp³-hybridized carbons (Fsp3) is 0.455. The van der Waals surface area contributed by atoms with E-state index in [0.717, 1.165) is 0 Å². The molecule has 3 nitrogen and oxygen atoms in total. The van der Waals surface area contributed by atoms with Crippen LogP contribution in [0.25, 0.3) is 0 Å². The van der Waals surface area contributed by atoms with Gasteiger partial charge in [-0.2, -0.15) is 0 Å². The van der Waals surface area contributed by atoms with Gasteiger partial charge in [-0.25, -0.2) is 0 Å². The highest BCUT2D eigenvalue weighted by Gasteiger charge is 2.05. The zero-order chi connectivity index (χ0) is 11.0. The van der Waals surface area contributed by atoms with Gasteiger partial charge in [0.25, 0.3) is 5.91 Å². The molecule has 1 rings (SSSR count). The molecule has 1 N–H and O–H groups in total. The lowest BCUT2D eigenvalue weighted by Gasteiger charge is -2.06. The largest absolute Gasteiger partial charge is 0.349 e. The molecule has 78 valence electrons. The Kier molecular flexibility index (Phi) is 6.37. The summed E-state index contributed by atoms with van der Waals surface area (Å²) < 4.78 is 0. The van der Waals surface area contributed by atoms with Gasteiger partial charge in [-0.15, -0.1) is 0 Å². The minimum atomic E-state index is -0.120. The molecule has 3 heteroatoms. The zero-order valence-corrected chi connectivity index (χ0v) is 9.24. The van der Waals surface area contributed by atoms with Gasteiger partial charge < -0.3 is 5.32 Å². The van der Waals surface area contributed by atoms with E-state index in [9.17, 15) is 4.79 Å². The van der Waals surface area contributed by atoms with E-state index < -0.39 is 0 Å². The molecule has 1 aromatic heterocycles. The second kappa shape index (κ2) is 7.06. The molecule has 14 heavy (non-hydrogen) atoms. The third kappa shape index (κ3) is 4.60. The minimum Gasteiger partial charge on any atom is -0.349 e. The number of carbonyl (C=O) groups is 1. The minimum absolute atomic E-state index is 0.120. The molecule has 1 aromatic rings. The number of hydrogen-bond donors (Lipinski definition) is 1. The van der Waals surface area contributed by atoms with Crippen LogP contribution in [0.1, 0.15) is 38.2 Å². The van der Waals surface area contributed by atoms with Crippen molar-refractivity contribution in [3.8, 4) is 0 Å². The van der Waals surface area contributed by atoms with E-state index in [1.165, 1.54) is 0 Å². The van der Waals surface area contributed by atoms with Gasteiger partial charge in [0.2, 0.25) is 0 Å². The van der Waals surface area contributed by atoms with E-state index in [4.69, 9.17) is 0 Å². The first-order valence-corrected chi connectivity index (χ1v) is 4.92. The maximum absolute atomic E-state index is 11.3. The van der Waals surface area contributed by atoms with E-state index in [2.05, 4.69) is 10.3 Å². The number of nitrogens with one attached hydrogen (secondary N) is 1. The highest BCUT2D eigenvalue weighted by molar-refractivity contribution is 5.92. The van der Waals surface area contributed by atoms with Crippen LogP contribution in [0, 0.1) is 0 Å². The molecule has 0 fully saturated rings. The second-order valence-electron chi connectivity index (χ2n) is 2.84. The van der Waals surface area contributed by atoms with Gasteiger partial charge in [0.05, 0.1) is 0 Å². The predicted octanol–water partition coefficient (Wildman–Crippen LogP) is 2.25. The fourth-order valence-electron chi connectivity index (χ4n) is 0.833. The van der Waals surface area contributed by atoms with Crippen molar-refractivity contribution in [2.75, 3.05) is 0 Å². The molecule has 0 aliphatic heterocycles. The predicted molar refractivity (Wildman–Crippen MR) is 58.2 cm³/mol. The van der Waals surface area contributed by atoms with Gasteiger partial charge in [-0.05, 0) is 26.0 Å². The molecule has 0 radical (unpaired) electrons. The lowest BCUT2D eigenvalue weighted by atomic mass is 10.3. The highest BCUT2D eigenvalue weighted by atomic mass is 16.1. The number of hydrogen-bond acceptors (Lipinski definition) is 2. The molecule has 0 saturated heterocycles. The van der Waals surface area contributed by atoms with E-state index in [1.54, 1.807) is 24.4 Å². The summed E-state index contributed by atoms with van der Waals surface area (Å²) in [6.45, 7) is 7.84. The fourth-order valence-corrected chi connectivity index (χ4v) is 0.833. The second-order valence-corrected chi connectivity index (χ2v) is 2.84. The van der Waals surface area contributed by atoms with Crippen LogP contribution >= 0.6 is 0 Å². The van der Waals surface area contributed by atoms with Crippen LogP contribution in [0.2, 0.25) is 0 Å². The number of rotatable bonds is 2. The average Bonchev–Trinajstić information content (AvgIpc) is 2.21. The van der Waals surface area contributed by atoms with Gasteiger partial charge in [0.15, 0.2) is 0 Å². The van der Waals surface area contributed by atoms with Crippen molar-refractivity contribution >= 4 is 5.91 Å². The maximum Gasteiger partial charge on any atom is 0.270 e. The number of pyridine rings is 1. The Morgan fingerprint density at radius 3 is 2.43 bits per heavy atom. The third-order valence-corrected chi connectivity index (χ3v) is 1.32. The smallest absolute Gasteiger partial charge is 0.270 e. The molecule has 0 aliphatic carbocycles. The summed E-state index contributed by atoms with van der Waals surface area (Å²) in [5.74, 6) is -0.120. The van der Waals surface area contributed by atoms with Crippen molar-refractivity contribution in [1.29, 1.82) is 0 Å². The van der Waals surface area contributed by atoms with Crippen LogP contribution in [-0.2, 0) is 0 Å². The van der Waals surface area contributed by atoms with Crippen LogP contribution in [0.15, 0.2) is 24.4 Å². The zero-order valence-electron chi connectivity index (χ0n) is 9.24. The molecule has 0 atom stereocenters. The molecular formula is C11H18N2O. The van der Waals surface area contributed by atoms with Crippen molar-refractivity contribution in [3.63, 3.8) is 0 Å². The topological polar surface area (TPSA) is 42.0 Å². The summed E-state index contributed by atoms with van der Waals surface area (Å²) in [4.78, 5) is 15.2. The van der Waals surface area contributed by atoms with E-state index in [0.29, 0.717) is 5.69 Å². The Bertz CT molecular complexity index is 257. The molecule has 0 aromatic carbocycles. The SMILES string of the molecule is CC.CC(C)NC(=O)c1ccccn1. The monoisotopic (exact) mass is 194 g/mol. The van der Waals surface area contributed by atoms with Crippen molar-refractivity contribution < 1.29 is 4.79 Å². The normalized spacial score (nSPS) is 8.93. The van der Waals surface area contributed by atoms with Crippen LogP contribution in [-0.4, -0.2) is 16.9 Å². The molecule has 0 aliphatic rings. The van der Waals surface area contributed by atoms with Crippen LogP contribution < -0.4 is 5.32 Å². The summed E-state index contributed by atoms with van der Waals surface area (Å²) in [6, 6.07) is 5.42. The van der Waals surface area contributed by atoms with Crippen molar-refractivity contribution in [2.45, 2.75) is 33.7 Å². The quantitative estimate of drug-likeness (QED) is 0.784. The first-order valence-electron chi connectivity index (χ1n) is 4.92. The number of nitrogens with zero attached hydrogens (tertiary/aromatic N) is 1. The maximum atomic E-state index is 11.3. The molecule has 0 saturated carbocycles. The highest BCUT2D eigenvalue weighted by Crippen LogP contribution is 1.93. The Hall–Kier alpha value is -1.38. The Balaban J connectivity index is 0.000000791. The van der Waals surface area contributed by atoms with Gasteiger partial charge in [0.1, 0.15) is 5.69 Å². The molecule has 0 spiro atoms. The Morgan fingerprint density at radius 2 is 2.00 bits per heavy atom. The van der Waals surface area contributed by atoms with Gasteiger partial charge in [-0.1, -0.05) is 19.9 Å². The average molecular weight is 194 g/mol. The summed E-state index contributed by atoms with van der Waals surface area (Å²) in [5, 5.41) is 2.76. The van der Waals surface area contributed by atoms with Gasteiger partial charge in [-0.3, -0.25) is 9.78 Å². The first kappa shape index (κ1) is 12.6. The molecule has 1 heterocycles.